The van der Waals surface area contributed by atoms with Crippen molar-refractivity contribution in [1.29, 1.82) is 0 Å². The number of nitrogens with one attached hydrogen (secondary N) is 1. The summed E-state index contributed by atoms with van der Waals surface area (Å²) < 4.78 is 5.82. The van der Waals surface area contributed by atoms with E-state index in [2.05, 4.69) is 30.1 Å². The molecule has 0 spiro atoms. The molecule has 0 aliphatic carbocycles. The number of nitrogens with zero attached hydrogens (tertiary/aromatic N) is 1. The number of aryl methyl sites for hydroxylation is 1. The van der Waals surface area contributed by atoms with E-state index in [1.165, 1.54) is 18.7 Å². The molecule has 96 valence electrons. The van der Waals surface area contributed by atoms with E-state index in [9.17, 15) is 0 Å². The van der Waals surface area contributed by atoms with E-state index in [4.69, 9.17) is 4.42 Å². The van der Waals surface area contributed by atoms with Crippen LogP contribution in [0.2, 0.25) is 0 Å². The Hall–Kier alpha value is -0.800. The van der Waals surface area contributed by atoms with Crippen molar-refractivity contribution in [2.45, 2.75) is 33.9 Å². The first-order valence-electron chi connectivity index (χ1n) is 6.55. The van der Waals surface area contributed by atoms with E-state index in [1.54, 1.807) is 0 Å². The topological polar surface area (TPSA) is 28.4 Å². The van der Waals surface area contributed by atoms with Crippen LogP contribution in [0.4, 0.5) is 0 Å². The smallest absolute Gasteiger partial charge is 0.118 e. The summed E-state index contributed by atoms with van der Waals surface area (Å²) >= 11 is 0. The fourth-order valence-corrected chi connectivity index (χ4v) is 2.63. The van der Waals surface area contributed by atoms with Crippen LogP contribution in [0.15, 0.2) is 10.5 Å². The summed E-state index contributed by atoms with van der Waals surface area (Å²) in [6.07, 6.45) is 0. The van der Waals surface area contributed by atoms with Crippen LogP contribution in [0.5, 0.6) is 0 Å². The summed E-state index contributed by atoms with van der Waals surface area (Å²) in [5.74, 6) is 3.77. The van der Waals surface area contributed by atoms with Crippen LogP contribution in [0.1, 0.15) is 30.9 Å². The van der Waals surface area contributed by atoms with E-state index in [1.807, 2.05) is 14.0 Å². The maximum Gasteiger partial charge on any atom is 0.118 e. The number of likely N-dealkylation sites (tertiary alicyclic amines) is 1. The predicted molar refractivity (Wildman–Crippen MR) is 69.8 cm³/mol. The fourth-order valence-electron chi connectivity index (χ4n) is 2.63. The second kappa shape index (κ2) is 5.23. The third-order valence-electron chi connectivity index (χ3n) is 3.88. The summed E-state index contributed by atoms with van der Waals surface area (Å²) in [4.78, 5) is 2.50. The van der Waals surface area contributed by atoms with Gasteiger partial charge in [0.05, 0.1) is 6.54 Å². The highest BCUT2D eigenvalue weighted by Crippen LogP contribution is 2.25. The molecular weight excluding hydrogens is 212 g/mol. The third-order valence-corrected chi connectivity index (χ3v) is 3.88. The summed E-state index contributed by atoms with van der Waals surface area (Å²) in [5, 5.41) is 3.17. The van der Waals surface area contributed by atoms with Gasteiger partial charge in [-0.1, -0.05) is 13.8 Å². The molecule has 1 aliphatic heterocycles. The Bertz CT molecular complexity index is 362. The molecule has 0 bridgehead atoms. The first kappa shape index (κ1) is 12.7. The molecule has 17 heavy (non-hydrogen) atoms. The van der Waals surface area contributed by atoms with E-state index in [0.717, 1.165) is 36.4 Å². The number of hydrogen-bond donors (Lipinski definition) is 1. The van der Waals surface area contributed by atoms with Crippen molar-refractivity contribution >= 4 is 0 Å². The molecular formula is C14H24N2O. The SMILES string of the molecule is CNCc1cc(CN2CC(C)C(C)C2)oc1C. The average Bonchev–Trinajstić information content (AvgIpc) is 2.73. The molecule has 0 saturated carbocycles. The minimum absolute atomic E-state index is 0.808. The van der Waals surface area contributed by atoms with Crippen molar-refractivity contribution in [3.05, 3.63) is 23.2 Å². The lowest BCUT2D eigenvalue weighted by atomic mass is 10.0. The summed E-state index contributed by atoms with van der Waals surface area (Å²) in [6.45, 7) is 11.0. The van der Waals surface area contributed by atoms with Gasteiger partial charge in [0.1, 0.15) is 11.5 Å². The lowest BCUT2D eigenvalue weighted by Crippen LogP contribution is -2.19. The second-order valence-corrected chi connectivity index (χ2v) is 5.47. The molecule has 3 nitrogen and oxygen atoms in total. The van der Waals surface area contributed by atoms with Gasteiger partial charge in [0, 0.05) is 25.2 Å². The van der Waals surface area contributed by atoms with Crippen LogP contribution < -0.4 is 5.32 Å². The summed E-state index contributed by atoms with van der Waals surface area (Å²) in [7, 11) is 1.97. The molecule has 2 rings (SSSR count). The maximum atomic E-state index is 5.82. The highest BCUT2D eigenvalue weighted by molar-refractivity contribution is 5.20. The van der Waals surface area contributed by atoms with Crippen molar-refractivity contribution in [3.63, 3.8) is 0 Å². The van der Waals surface area contributed by atoms with Gasteiger partial charge in [-0.2, -0.15) is 0 Å². The Morgan fingerprint density at radius 1 is 1.35 bits per heavy atom. The fraction of sp³-hybridized carbons (Fsp3) is 0.714. The Balaban J connectivity index is 1.97. The van der Waals surface area contributed by atoms with Gasteiger partial charge in [0.2, 0.25) is 0 Å². The van der Waals surface area contributed by atoms with Gasteiger partial charge < -0.3 is 9.73 Å². The number of rotatable bonds is 4. The van der Waals surface area contributed by atoms with Gasteiger partial charge in [-0.25, -0.2) is 0 Å². The number of hydrogen-bond acceptors (Lipinski definition) is 3. The van der Waals surface area contributed by atoms with Gasteiger partial charge in [-0.05, 0) is 31.9 Å². The third kappa shape index (κ3) is 2.90. The molecule has 1 aliphatic rings. The Kier molecular flexibility index (Phi) is 3.89. The molecule has 3 heteroatoms. The van der Waals surface area contributed by atoms with E-state index in [-0.39, 0.29) is 0 Å². The van der Waals surface area contributed by atoms with Gasteiger partial charge in [0.15, 0.2) is 0 Å². The second-order valence-electron chi connectivity index (χ2n) is 5.47. The quantitative estimate of drug-likeness (QED) is 0.870. The van der Waals surface area contributed by atoms with Crippen LogP contribution >= 0.6 is 0 Å². The molecule has 0 aromatic carbocycles. The first-order valence-corrected chi connectivity index (χ1v) is 6.55. The highest BCUT2D eigenvalue weighted by Gasteiger charge is 2.26. The zero-order valence-corrected chi connectivity index (χ0v) is 11.4. The van der Waals surface area contributed by atoms with Gasteiger partial charge in [-0.15, -0.1) is 0 Å². The summed E-state index contributed by atoms with van der Waals surface area (Å²) in [6, 6.07) is 2.19. The molecule has 1 N–H and O–H groups in total. The molecule has 1 fully saturated rings. The normalized spacial score (nSPS) is 25.6. The molecule has 2 unspecified atom stereocenters. The van der Waals surface area contributed by atoms with Crippen molar-refractivity contribution < 1.29 is 4.42 Å². The molecule has 2 heterocycles. The highest BCUT2D eigenvalue weighted by atomic mass is 16.3. The minimum atomic E-state index is 0.808. The molecule has 1 aromatic rings. The van der Waals surface area contributed by atoms with Gasteiger partial charge in [-0.3, -0.25) is 4.90 Å². The lowest BCUT2D eigenvalue weighted by molar-refractivity contribution is 0.283. The zero-order valence-electron chi connectivity index (χ0n) is 11.4. The molecule has 1 aromatic heterocycles. The van der Waals surface area contributed by atoms with Crippen molar-refractivity contribution in [2.24, 2.45) is 11.8 Å². The van der Waals surface area contributed by atoms with Crippen molar-refractivity contribution in [1.82, 2.24) is 10.2 Å². The zero-order chi connectivity index (χ0) is 12.4. The Morgan fingerprint density at radius 2 is 2.00 bits per heavy atom. The van der Waals surface area contributed by atoms with Gasteiger partial charge in [0.25, 0.3) is 0 Å². The number of furan rings is 1. The molecule has 0 radical (unpaired) electrons. The lowest BCUT2D eigenvalue weighted by Gasteiger charge is -2.12. The van der Waals surface area contributed by atoms with E-state index < -0.39 is 0 Å². The molecule has 0 amide bonds. The van der Waals surface area contributed by atoms with E-state index in [0.29, 0.717) is 0 Å². The predicted octanol–water partition coefficient (Wildman–Crippen LogP) is 2.40. The first-order chi connectivity index (χ1) is 8.10. The molecule has 2 atom stereocenters. The van der Waals surface area contributed by atoms with E-state index >= 15 is 0 Å². The summed E-state index contributed by atoms with van der Waals surface area (Å²) in [5.41, 5.74) is 1.28. The minimum Gasteiger partial charge on any atom is -0.465 e. The monoisotopic (exact) mass is 236 g/mol. The molecule has 1 saturated heterocycles. The Morgan fingerprint density at radius 3 is 2.59 bits per heavy atom. The van der Waals surface area contributed by atoms with Crippen molar-refractivity contribution in [2.75, 3.05) is 20.1 Å². The Labute approximate surface area is 104 Å². The average molecular weight is 236 g/mol. The van der Waals surface area contributed by atoms with Crippen LogP contribution in [0, 0.1) is 18.8 Å². The van der Waals surface area contributed by atoms with Gasteiger partial charge >= 0.3 is 0 Å². The van der Waals surface area contributed by atoms with Crippen LogP contribution in [-0.4, -0.2) is 25.0 Å². The van der Waals surface area contributed by atoms with Crippen molar-refractivity contribution in [3.8, 4) is 0 Å². The van der Waals surface area contributed by atoms with Crippen LogP contribution in [0.3, 0.4) is 0 Å². The van der Waals surface area contributed by atoms with Crippen LogP contribution in [0.25, 0.3) is 0 Å². The standard InChI is InChI=1S/C14H24N2O/c1-10-7-16(8-11(10)2)9-14-5-13(6-15-4)12(3)17-14/h5,10-11,15H,6-9H2,1-4H3. The van der Waals surface area contributed by atoms with Crippen LogP contribution in [-0.2, 0) is 13.1 Å². The maximum absolute atomic E-state index is 5.82. The largest absolute Gasteiger partial charge is 0.465 e.